The lowest BCUT2D eigenvalue weighted by atomic mass is 10.2. The smallest absolute Gasteiger partial charge is 0.307 e. The van der Waals surface area contributed by atoms with Gasteiger partial charge in [-0.15, -0.1) is 0 Å². The molecule has 1 aliphatic rings. The number of rotatable bonds is 3. The highest BCUT2D eigenvalue weighted by Crippen LogP contribution is 2.17. The molecular formula is C11H10BrNO3. The standard InChI is InChI=1S/C11H10BrNO3/c12-8-3-1-7(2-4-8)11-13-6-9(16-11)5-10(14)15/h1-4,9H,5-6H2,(H,14,15). The molecule has 1 unspecified atom stereocenters. The lowest BCUT2D eigenvalue weighted by Gasteiger charge is -2.08. The molecule has 0 radical (unpaired) electrons. The largest absolute Gasteiger partial charge is 0.481 e. The van der Waals surface area contributed by atoms with Gasteiger partial charge in [0.1, 0.15) is 6.10 Å². The number of nitrogens with zero attached hydrogens (tertiary/aromatic N) is 1. The molecule has 0 saturated heterocycles. The fourth-order valence-corrected chi connectivity index (χ4v) is 1.73. The minimum Gasteiger partial charge on any atom is -0.481 e. The topological polar surface area (TPSA) is 58.9 Å². The predicted octanol–water partition coefficient (Wildman–Crippen LogP) is 2.07. The second kappa shape index (κ2) is 4.65. The number of carboxylic acid groups (broad SMARTS) is 1. The van der Waals surface area contributed by atoms with Crippen LogP contribution in [0.5, 0.6) is 0 Å². The highest BCUT2D eigenvalue weighted by molar-refractivity contribution is 9.10. The molecule has 0 aliphatic carbocycles. The lowest BCUT2D eigenvalue weighted by Crippen LogP contribution is -2.17. The number of aliphatic imine (C=N–C) groups is 1. The summed E-state index contributed by atoms with van der Waals surface area (Å²) in [5.41, 5.74) is 0.871. The summed E-state index contributed by atoms with van der Waals surface area (Å²) in [5.74, 6) is -0.337. The first-order chi connectivity index (χ1) is 7.65. The van der Waals surface area contributed by atoms with Crippen LogP contribution in [0.4, 0.5) is 0 Å². The summed E-state index contributed by atoms with van der Waals surface area (Å²) in [5, 5.41) is 8.63. The van der Waals surface area contributed by atoms with Gasteiger partial charge in [-0.05, 0) is 24.3 Å². The second-order valence-electron chi connectivity index (χ2n) is 3.49. The number of hydrogen-bond acceptors (Lipinski definition) is 3. The maximum atomic E-state index is 10.5. The van der Waals surface area contributed by atoms with Crippen LogP contribution in [-0.4, -0.2) is 29.6 Å². The predicted molar refractivity (Wildman–Crippen MR) is 62.7 cm³/mol. The number of ether oxygens (including phenoxy) is 1. The van der Waals surface area contributed by atoms with E-state index in [0.717, 1.165) is 10.0 Å². The molecule has 5 heteroatoms. The molecule has 1 atom stereocenters. The van der Waals surface area contributed by atoms with E-state index in [4.69, 9.17) is 9.84 Å². The van der Waals surface area contributed by atoms with Gasteiger partial charge in [-0.1, -0.05) is 15.9 Å². The number of hydrogen-bond donors (Lipinski definition) is 1. The first-order valence-electron chi connectivity index (χ1n) is 4.84. The van der Waals surface area contributed by atoms with E-state index in [1.165, 1.54) is 0 Å². The highest BCUT2D eigenvalue weighted by atomic mass is 79.9. The first kappa shape index (κ1) is 11.1. The van der Waals surface area contributed by atoms with E-state index < -0.39 is 5.97 Å². The van der Waals surface area contributed by atoms with Crippen molar-refractivity contribution in [3.8, 4) is 0 Å². The van der Waals surface area contributed by atoms with E-state index in [9.17, 15) is 4.79 Å². The minimum atomic E-state index is -0.864. The van der Waals surface area contributed by atoms with E-state index >= 15 is 0 Å². The van der Waals surface area contributed by atoms with Gasteiger partial charge in [-0.2, -0.15) is 0 Å². The van der Waals surface area contributed by atoms with Crippen molar-refractivity contribution in [2.45, 2.75) is 12.5 Å². The number of halogens is 1. The summed E-state index contributed by atoms with van der Waals surface area (Å²) < 4.78 is 6.44. The molecule has 0 bridgehead atoms. The van der Waals surface area contributed by atoms with Crippen LogP contribution in [-0.2, 0) is 9.53 Å². The lowest BCUT2D eigenvalue weighted by molar-refractivity contribution is -0.138. The maximum Gasteiger partial charge on any atom is 0.307 e. The van der Waals surface area contributed by atoms with Gasteiger partial charge < -0.3 is 9.84 Å². The van der Waals surface area contributed by atoms with Gasteiger partial charge in [0, 0.05) is 10.0 Å². The van der Waals surface area contributed by atoms with Crippen LogP contribution in [0.1, 0.15) is 12.0 Å². The van der Waals surface area contributed by atoms with Crippen LogP contribution >= 0.6 is 15.9 Å². The van der Waals surface area contributed by atoms with E-state index in [-0.39, 0.29) is 12.5 Å². The minimum absolute atomic E-state index is 0.0104. The molecule has 0 amide bonds. The van der Waals surface area contributed by atoms with E-state index in [1.54, 1.807) is 0 Å². The average Bonchev–Trinajstić information content (AvgIpc) is 2.66. The van der Waals surface area contributed by atoms with Crippen LogP contribution in [0.25, 0.3) is 0 Å². The van der Waals surface area contributed by atoms with Crippen molar-refractivity contribution in [3.05, 3.63) is 34.3 Å². The Morgan fingerprint density at radius 1 is 1.50 bits per heavy atom. The summed E-state index contributed by atoms with van der Waals surface area (Å²) in [4.78, 5) is 14.7. The van der Waals surface area contributed by atoms with Crippen molar-refractivity contribution >= 4 is 27.8 Å². The molecule has 1 aromatic rings. The van der Waals surface area contributed by atoms with Crippen LogP contribution in [0.15, 0.2) is 33.7 Å². The van der Waals surface area contributed by atoms with Crippen LogP contribution in [0.3, 0.4) is 0 Å². The van der Waals surface area contributed by atoms with Crippen molar-refractivity contribution in [1.29, 1.82) is 0 Å². The first-order valence-corrected chi connectivity index (χ1v) is 5.63. The van der Waals surface area contributed by atoms with Crippen molar-refractivity contribution in [1.82, 2.24) is 0 Å². The quantitative estimate of drug-likeness (QED) is 0.924. The Bertz CT molecular complexity index is 427. The number of aliphatic carboxylic acids is 1. The SMILES string of the molecule is O=C(O)CC1CN=C(c2ccc(Br)cc2)O1. The van der Waals surface area contributed by atoms with Crippen molar-refractivity contribution in [3.63, 3.8) is 0 Å². The van der Waals surface area contributed by atoms with Crippen LogP contribution in [0.2, 0.25) is 0 Å². The Kier molecular flexibility index (Phi) is 3.24. The third kappa shape index (κ3) is 2.61. The molecule has 1 heterocycles. The monoisotopic (exact) mass is 283 g/mol. The molecule has 0 fully saturated rings. The summed E-state index contributed by atoms with van der Waals surface area (Å²) >= 11 is 3.34. The molecule has 0 spiro atoms. The third-order valence-electron chi connectivity index (χ3n) is 2.21. The molecule has 0 aromatic heterocycles. The zero-order chi connectivity index (χ0) is 11.5. The molecule has 1 aliphatic heterocycles. The van der Waals surface area contributed by atoms with Gasteiger partial charge in [0.05, 0.1) is 13.0 Å². The van der Waals surface area contributed by atoms with E-state index in [2.05, 4.69) is 20.9 Å². The molecule has 16 heavy (non-hydrogen) atoms. The average molecular weight is 284 g/mol. The number of carboxylic acids is 1. The molecule has 4 nitrogen and oxygen atoms in total. The van der Waals surface area contributed by atoms with Gasteiger partial charge in [-0.3, -0.25) is 4.79 Å². The molecule has 2 rings (SSSR count). The molecular weight excluding hydrogens is 274 g/mol. The van der Waals surface area contributed by atoms with E-state index in [1.807, 2.05) is 24.3 Å². The van der Waals surface area contributed by atoms with Gasteiger partial charge in [0.15, 0.2) is 0 Å². The van der Waals surface area contributed by atoms with Crippen molar-refractivity contribution in [2.24, 2.45) is 4.99 Å². The molecule has 1 N–H and O–H groups in total. The molecule has 84 valence electrons. The van der Waals surface area contributed by atoms with Crippen LogP contribution < -0.4 is 0 Å². The highest BCUT2D eigenvalue weighted by Gasteiger charge is 2.23. The Morgan fingerprint density at radius 3 is 2.81 bits per heavy atom. The van der Waals surface area contributed by atoms with E-state index in [0.29, 0.717) is 12.4 Å². The number of benzene rings is 1. The summed E-state index contributed by atoms with van der Waals surface area (Å²) in [6, 6.07) is 7.55. The van der Waals surface area contributed by atoms with Gasteiger partial charge >= 0.3 is 5.97 Å². The van der Waals surface area contributed by atoms with Crippen molar-refractivity contribution < 1.29 is 14.6 Å². The fourth-order valence-electron chi connectivity index (χ4n) is 1.47. The zero-order valence-electron chi connectivity index (χ0n) is 8.39. The Hall–Kier alpha value is -1.36. The van der Waals surface area contributed by atoms with Crippen LogP contribution in [0, 0.1) is 0 Å². The van der Waals surface area contributed by atoms with Crippen molar-refractivity contribution in [2.75, 3.05) is 6.54 Å². The van der Waals surface area contributed by atoms with Gasteiger partial charge in [-0.25, -0.2) is 4.99 Å². The third-order valence-corrected chi connectivity index (χ3v) is 2.74. The fraction of sp³-hybridized carbons (Fsp3) is 0.273. The Morgan fingerprint density at radius 2 is 2.19 bits per heavy atom. The second-order valence-corrected chi connectivity index (χ2v) is 4.41. The number of carbonyl (C=O) groups is 1. The maximum absolute atomic E-state index is 10.5. The van der Waals surface area contributed by atoms with Gasteiger partial charge in [0.2, 0.25) is 5.90 Å². The normalized spacial score (nSPS) is 19.1. The summed E-state index contributed by atoms with van der Waals surface area (Å²) in [7, 11) is 0. The van der Waals surface area contributed by atoms with Gasteiger partial charge in [0.25, 0.3) is 0 Å². The summed E-state index contributed by atoms with van der Waals surface area (Å²) in [6.07, 6.45) is -0.347. The summed E-state index contributed by atoms with van der Waals surface area (Å²) in [6.45, 7) is 0.414. The molecule has 0 saturated carbocycles. The molecule has 1 aromatic carbocycles. The Labute approximate surface area is 101 Å². The Balaban J connectivity index is 2.03. The zero-order valence-corrected chi connectivity index (χ0v) is 9.98.